The lowest BCUT2D eigenvalue weighted by Crippen LogP contribution is -2.74. The Morgan fingerprint density at radius 3 is 2.78 bits per heavy atom. The number of hydrogen-bond acceptors (Lipinski definition) is 6. The molecule has 5 fully saturated rings. The molecule has 2 bridgehead atoms. The summed E-state index contributed by atoms with van der Waals surface area (Å²) < 4.78 is 14.3. The molecule has 5 aliphatic rings. The second-order valence-electron chi connectivity index (χ2n) is 9.36. The predicted octanol–water partition coefficient (Wildman–Crippen LogP) is 0.464. The van der Waals surface area contributed by atoms with Crippen LogP contribution in [0.25, 0.3) is 0 Å². The van der Waals surface area contributed by atoms with Crippen LogP contribution in [-0.2, 0) is 0 Å². The second kappa shape index (κ2) is 8.20. The molecule has 0 amide bonds. The maximum Gasteiger partial charge on any atom is 0.113 e. The smallest absolute Gasteiger partial charge is 0.113 e. The average molecular weight is 381 g/mol. The lowest BCUT2D eigenvalue weighted by Gasteiger charge is -2.50. The minimum atomic E-state index is -0.675. The summed E-state index contributed by atoms with van der Waals surface area (Å²) in [6, 6.07) is 1.99. The van der Waals surface area contributed by atoms with Gasteiger partial charge in [-0.05, 0) is 64.0 Å². The molecule has 0 aromatic heterocycles. The van der Waals surface area contributed by atoms with E-state index in [9.17, 15) is 4.39 Å². The Kier molecular flexibility index (Phi) is 5.68. The zero-order valence-corrected chi connectivity index (χ0v) is 16.4. The Labute approximate surface area is 162 Å². The third-order valence-corrected chi connectivity index (χ3v) is 7.80. The molecule has 5 rings (SSSR count). The molecule has 5 saturated heterocycles. The minimum absolute atomic E-state index is 0.344. The molecule has 0 aliphatic carbocycles. The number of nitrogens with zero attached hydrogens (tertiary/aromatic N) is 1. The van der Waals surface area contributed by atoms with E-state index in [1.54, 1.807) is 0 Å². The van der Waals surface area contributed by atoms with Gasteiger partial charge in [-0.1, -0.05) is 6.42 Å². The summed E-state index contributed by atoms with van der Waals surface area (Å²) in [5.41, 5.74) is 0. The summed E-state index contributed by atoms with van der Waals surface area (Å²) in [6.07, 6.45) is 9.38. The van der Waals surface area contributed by atoms with Crippen LogP contribution in [0.15, 0.2) is 0 Å². The van der Waals surface area contributed by atoms with Crippen molar-refractivity contribution >= 4 is 0 Å². The van der Waals surface area contributed by atoms with E-state index in [-0.39, 0.29) is 0 Å². The molecular formula is C20H37FN6. The Morgan fingerprint density at radius 2 is 1.81 bits per heavy atom. The SMILES string of the molecule is FC1CNC2CCCCNC3NCNC4CCC(NC43)N3CCC[C@@H]3C2C1. The third-order valence-electron chi connectivity index (χ3n) is 7.80. The monoisotopic (exact) mass is 380 g/mol. The van der Waals surface area contributed by atoms with Crippen molar-refractivity contribution in [3.8, 4) is 0 Å². The van der Waals surface area contributed by atoms with Crippen LogP contribution < -0.4 is 26.6 Å². The quantitative estimate of drug-likeness (QED) is 0.421. The summed E-state index contributed by atoms with van der Waals surface area (Å²) in [5.74, 6) is 0.461. The van der Waals surface area contributed by atoms with E-state index in [2.05, 4.69) is 31.5 Å². The largest absolute Gasteiger partial charge is 0.311 e. The molecule has 0 spiro atoms. The van der Waals surface area contributed by atoms with Gasteiger partial charge in [0.05, 0.1) is 18.4 Å². The van der Waals surface area contributed by atoms with Gasteiger partial charge in [-0.3, -0.25) is 20.9 Å². The van der Waals surface area contributed by atoms with Crippen molar-refractivity contribution in [3.05, 3.63) is 0 Å². The van der Waals surface area contributed by atoms with Crippen LogP contribution in [0.4, 0.5) is 4.39 Å². The van der Waals surface area contributed by atoms with Crippen molar-refractivity contribution < 1.29 is 4.39 Å². The van der Waals surface area contributed by atoms with E-state index in [0.717, 1.165) is 19.6 Å². The fourth-order valence-electron chi connectivity index (χ4n) is 6.51. The zero-order chi connectivity index (χ0) is 18.2. The fourth-order valence-corrected chi connectivity index (χ4v) is 6.51. The van der Waals surface area contributed by atoms with Crippen molar-refractivity contribution in [2.75, 3.05) is 26.3 Å². The maximum absolute atomic E-state index is 14.3. The van der Waals surface area contributed by atoms with Crippen LogP contribution in [0.3, 0.4) is 0 Å². The van der Waals surface area contributed by atoms with E-state index >= 15 is 0 Å². The normalized spacial score (nSPS) is 49.2. The highest BCUT2D eigenvalue weighted by molar-refractivity contribution is 5.03. The van der Waals surface area contributed by atoms with E-state index in [0.29, 0.717) is 49.0 Å². The molecule has 8 atom stereocenters. The molecule has 0 aromatic rings. The number of piperidine rings is 2. The summed E-state index contributed by atoms with van der Waals surface area (Å²) in [5, 5.41) is 18.6. The van der Waals surface area contributed by atoms with Crippen LogP contribution >= 0.6 is 0 Å². The van der Waals surface area contributed by atoms with Gasteiger partial charge in [0.15, 0.2) is 0 Å². The summed E-state index contributed by atoms with van der Waals surface area (Å²) in [4.78, 5) is 2.72. The molecule has 5 N–H and O–H groups in total. The highest BCUT2D eigenvalue weighted by Crippen LogP contribution is 2.36. The topological polar surface area (TPSA) is 63.4 Å². The molecule has 0 saturated carbocycles. The highest BCUT2D eigenvalue weighted by atomic mass is 19.1. The first-order chi connectivity index (χ1) is 13.3. The van der Waals surface area contributed by atoms with Gasteiger partial charge in [0.25, 0.3) is 0 Å². The fraction of sp³-hybridized carbons (Fsp3) is 1.00. The highest BCUT2D eigenvalue weighted by Gasteiger charge is 2.45. The number of halogens is 1. The number of rotatable bonds is 0. The molecule has 27 heavy (non-hydrogen) atoms. The third kappa shape index (κ3) is 3.79. The van der Waals surface area contributed by atoms with Gasteiger partial charge in [-0.25, -0.2) is 4.39 Å². The van der Waals surface area contributed by atoms with E-state index < -0.39 is 6.17 Å². The van der Waals surface area contributed by atoms with Gasteiger partial charge >= 0.3 is 0 Å². The Balaban J connectivity index is 1.39. The van der Waals surface area contributed by atoms with Crippen LogP contribution in [0.5, 0.6) is 0 Å². The lowest BCUT2D eigenvalue weighted by atomic mass is 9.80. The van der Waals surface area contributed by atoms with Crippen molar-refractivity contribution in [2.45, 2.75) is 94.0 Å². The van der Waals surface area contributed by atoms with Crippen molar-refractivity contribution in [1.29, 1.82) is 0 Å². The Bertz CT molecular complexity index is 507. The van der Waals surface area contributed by atoms with Crippen LogP contribution in [0.1, 0.15) is 51.4 Å². The first kappa shape index (κ1) is 18.7. The van der Waals surface area contributed by atoms with Crippen molar-refractivity contribution in [1.82, 2.24) is 31.5 Å². The number of alkyl halides is 1. The zero-order valence-electron chi connectivity index (χ0n) is 16.4. The van der Waals surface area contributed by atoms with Gasteiger partial charge in [-0.15, -0.1) is 0 Å². The molecule has 7 heteroatoms. The standard InChI is InChI=1S/C20H37FN6/c21-13-10-14-15(23-11-13)4-1-2-8-22-20-19-16(24-12-25-20)6-7-18(26-19)27-9-3-5-17(14)27/h13-20,22-26H,1-12H2/t13?,14?,15?,16?,17-,18?,19?,20?/m1/s1. The van der Waals surface area contributed by atoms with Gasteiger partial charge in [0, 0.05) is 31.3 Å². The Morgan fingerprint density at radius 1 is 0.852 bits per heavy atom. The number of nitrogens with one attached hydrogen (secondary N) is 5. The molecule has 5 heterocycles. The van der Waals surface area contributed by atoms with Crippen LogP contribution in [-0.4, -0.2) is 73.9 Å². The van der Waals surface area contributed by atoms with Gasteiger partial charge < -0.3 is 10.6 Å². The average Bonchev–Trinajstić information content (AvgIpc) is 3.17. The predicted molar refractivity (Wildman–Crippen MR) is 105 cm³/mol. The van der Waals surface area contributed by atoms with Gasteiger partial charge in [0.1, 0.15) is 6.17 Å². The molecule has 0 radical (unpaired) electrons. The van der Waals surface area contributed by atoms with Gasteiger partial charge in [-0.2, -0.15) is 0 Å². The molecule has 7 unspecified atom stereocenters. The lowest BCUT2D eigenvalue weighted by molar-refractivity contribution is 0.0216. The van der Waals surface area contributed by atoms with E-state index in [4.69, 9.17) is 0 Å². The molecular weight excluding hydrogens is 343 g/mol. The molecule has 0 aromatic carbocycles. The van der Waals surface area contributed by atoms with E-state index in [1.165, 1.54) is 51.5 Å². The van der Waals surface area contributed by atoms with Gasteiger partial charge in [0.2, 0.25) is 0 Å². The van der Waals surface area contributed by atoms with Crippen LogP contribution in [0.2, 0.25) is 0 Å². The summed E-state index contributed by atoms with van der Waals surface area (Å²) in [6.45, 7) is 3.67. The number of fused-ring (bicyclic) bond motifs is 5. The number of hydrogen-bond donors (Lipinski definition) is 5. The molecule has 6 nitrogen and oxygen atoms in total. The molecule has 154 valence electrons. The van der Waals surface area contributed by atoms with Crippen LogP contribution in [0, 0.1) is 5.92 Å². The minimum Gasteiger partial charge on any atom is -0.311 e. The summed E-state index contributed by atoms with van der Waals surface area (Å²) in [7, 11) is 0. The first-order valence-electron chi connectivity index (χ1n) is 11.4. The van der Waals surface area contributed by atoms with E-state index in [1.807, 2.05) is 0 Å². The maximum atomic E-state index is 14.3. The molecule has 5 aliphatic heterocycles. The van der Waals surface area contributed by atoms with Crippen molar-refractivity contribution in [3.63, 3.8) is 0 Å². The Hall–Kier alpha value is -0.310. The van der Waals surface area contributed by atoms with Crippen molar-refractivity contribution in [2.24, 2.45) is 5.92 Å². The first-order valence-corrected chi connectivity index (χ1v) is 11.4. The second-order valence-corrected chi connectivity index (χ2v) is 9.36. The summed E-state index contributed by atoms with van der Waals surface area (Å²) >= 11 is 0.